The van der Waals surface area contributed by atoms with Crippen LogP contribution in [0, 0.1) is 0 Å². The molecule has 7 N–H and O–H groups in total. The Balaban J connectivity index is 0.000000806. The number of carbonyl (C=O) groups is 4. The Bertz CT molecular complexity index is 2170. The SMILES string of the molecule is C.CNc1ncc[nH]1.CNc1nccn1Cc1cc(Br)c2c(c1)C(=O)NCC2.O=C1NCCc2c(Br)cc(CCl)cc21.O=C1NCCc2c(Br)cc(CO)cc21.O=CO[O-].[H-].[Na+].[Na+]. The molecule has 16 nitrogen and oxygen atoms in total. The largest absolute Gasteiger partial charge is 1.00 e. The Hall–Kier alpha value is -2.79. The van der Waals surface area contributed by atoms with E-state index in [-0.39, 0.29) is 98.8 Å². The summed E-state index contributed by atoms with van der Waals surface area (Å²) in [7, 11) is 3.66. The molecule has 0 radical (unpaired) electrons. The number of aromatic nitrogens is 4. The van der Waals surface area contributed by atoms with Crippen molar-refractivity contribution in [1.29, 1.82) is 0 Å². The predicted molar refractivity (Wildman–Crippen MR) is 240 cm³/mol. The Morgan fingerprint density at radius 2 is 1.24 bits per heavy atom. The van der Waals surface area contributed by atoms with Crippen LogP contribution in [-0.4, -0.2) is 82.5 Å². The van der Waals surface area contributed by atoms with E-state index in [1.807, 2.05) is 49.1 Å². The van der Waals surface area contributed by atoms with E-state index in [9.17, 15) is 14.4 Å². The number of imidazole rings is 2. The molecular formula is C40H47Br3ClN9Na2O7. The molecule has 0 spiro atoms. The number of aromatic amines is 1. The van der Waals surface area contributed by atoms with E-state index < -0.39 is 0 Å². The summed E-state index contributed by atoms with van der Waals surface area (Å²) in [5.41, 5.74) is 8.21. The third-order valence-electron chi connectivity index (χ3n) is 8.88. The number of hydrogen-bond donors (Lipinski definition) is 7. The van der Waals surface area contributed by atoms with Gasteiger partial charge in [-0.05, 0) is 89.0 Å². The second-order valence-electron chi connectivity index (χ2n) is 12.6. The number of H-pyrrole nitrogens is 1. The second-order valence-corrected chi connectivity index (χ2v) is 15.5. The first-order valence-electron chi connectivity index (χ1n) is 18.0. The van der Waals surface area contributed by atoms with Gasteiger partial charge in [-0.2, -0.15) is 0 Å². The Labute approximate surface area is 436 Å². The van der Waals surface area contributed by atoms with Gasteiger partial charge in [0.05, 0.1) is 13.2 Å². The van der Waals surface area contributed by atoms with Gasteiger partial charge >= 0.3 is 59.1 Å². The van der Waals surface area contributed by atoms with Crippen molar-refractivity contribution in [3.05, 3.63) is 125 Å². The number of fused-ring (bicyclic) bond motifs is 3. The second kappa shape index (κ2) is 29.6. The summed E-state index contributed by atoms with van der Waals surface area (Å²) < 4.78 is 4.91. The zero-order valence-electron chi connectivity index (χ0n) is 35.0. The standard InChI is InChI=1S/C14H15BrN4O.C10H9BrClNO.C10H10BrNO2.C4H7N3.CH2O3.CH4.2Na.H/c1-16-14-18-4-5-19(14)8-9-6-11-10(12(15)7-9)2-3-17-13(11)20;11-9-4-6(5-12)3-8-7(9)1-2-13-10(8)14;11-9-4-6(5-13)3-8-7(9)1-2-12-10(8)14;1-5-4-6-2-3-7-4;2-1-4-3;;;;/h4-7H,2-3,8H2,1H3,(H,16,18)(H,17,20);3-4H,1-2,5H2,(H,13,14);3-4,13H,1-2,5H2,(H,12,14);2-3H,1H3,(H2,5,6,7);1,3H;1H4;;;/q;;;;;;2*+1;-1/p-1. The fraction of sp³-hybridized carbons (Fsp3) is 0.300. The maximum Gasteiger partial charge on any atom is 1.00 e. The van der Waals surface area contributed by atoms with Crippen LogP contribution in [0.1, 0.15) is 73.3 Å². The van der Waals surface area contributed by atoms with Gasteiger partial charge < -0.3 is 52.8 Å². The minimum atomic E-state index is -0.181. The van der Waals surface area contributed by atoms with Crippen molar-refractivity contribution in [1.82, 2.24) is 35.5 Å². The van der Waals surface area contributed by atoms with Crippen LogP contribution < -0.4 is 91.0 Å². The first kappa shape index (κ1) is 57.2. The van der Waals surface area contributed by atoms with Gasteiger partial charge in [0.15, 0.2) is 5.95 Å². The number of benzene rings is 3. The van der Waals surface area contributed by atoms with Gasteiger partial charge in [-0.25, -0.2) is 9.97 Å². The third kappa shape index (κ3) is 16.3. The minimum absolute atomic E-state index is 0. The van der Waals surface area contributed by atoms with E-state index in [1.165, 1.54) is 0 Å². The quantitative estimate of drug-likeness (QED) is 0.0357. The number of alkyl halides is 1. The molecule has 3 aromatic carbocycles. The van der Waals surface area contributed by atoms with E-state index in [2.05, 4.69) is 100 Å². The fourth-order valence-corrected chi connectivity index (χ4v) is 8.43. The van der Waals surface area contributed by atoms with Gasteiger partial charge in [-0.15, -0.1) is 11.6 Å². The summed E-state index contributed by atoms with van der Waals surface area (Å²) in [6.07, 6.45) is 9.73. The zero-order valence-corrected chi connectivity index (χ0v) is 43.5. The van der Waals surface area contributed by atoms with E-state index >= 15 is 0 Å². The molecule has 3 aliphatic rings. The fourth-order valence-electron chi connectivity index (χ4n) is 6.16. The Kier molecular flexibility index (Phi) is 27.3. The number of carbonyl (C=O) groups excluding carboxylic acids is 4. The number of aliphatic hydroxyl groups excluding tert-OH is 1. The van der Waals surface area contributed by atoms with Gasteiger partial charge in [-0.3, -0.25) is 19.2 Å². The van der Waals surface area contributed by atoms with Gasteiger partial charge in [0.25, 0.3) is 24.2 Å². The van der Waals surface area contributed by atoms with Crippen LogP contribution >= 0.6 is 59.4 Å². The number of halogens is 4. The van der Waals surface area contributed by atoms with Crippen molar-refractivity contribution < 1.29 is 95.0 Å². The molecule has 3 amide bonds. The average Bonchev–Trinajstić information content (AvgIpc) is 3.95. The van der Waals surface area contributed by atoms with Crippen LogP contribution in [0.3, 0.4) is 0 Å². The Morgan fingerprint density at radius 1 is 0.790 bits per heavy atom. The summed E-state index contributed by atoms with van der Waals surface area (Å²) in [4.78, 5) is 57.2. The van der Waals surface area contributed by atoms with Crippen molar-refractivity contribution >= 4 is 95.5 Å². The molecule has 0 saturated carbocycles. The molecule has 0 unspecified atom stereocenters. The van der Waals surface area contributed by atoms with Crippen LogP contribution in [0.25, 0.3) is 0 Å². The number of nitrogens with one attached hydrogen (secondary N) is 6. The molecule has 0 fully saturated rings. The molecule has 62 heavy (non-hydrogen) atoms. The molecule has 0 bridgehead atoms. The number of aliphatic hydroxyl groups is 1. The number of nitrogens with zero attached hydrogens (tertiary/aromatic N) is 3. The maximum atomic E-state index is 12.0. The van der Waals surface area contributed by atoms with Gasteiger partial charge in [0.2, 0.25) is 5.95 Å². The smallest absolute Gasteiger partial charge is 1.00 e. The summed E-state index contributed by atoms with van der Waals surface area (Å²) >= 11 is 16.2. The first-order valence-corrected chi connectivity index (χ1v) is 20.9. The van der Waals surface area contributed by atoms with Gasteiger partial charge in [0.1, 0.15) is 0 Å². The van der Waals surface area contributed by atoms with Crippen molar-refractivity contribution in [2.24, 2.45) is 0 Å². The van der Waals surface area contributed by atoms with Crippen LogP contribution in [-0.2, 0) is 48.0 Å². The number of hydrogen-bond acceptors (Lipinski definition) is 11. The minimum Gasteiger partial charge on any atom is -1.00 e. The molecule has 0 atom stereocenters. The molecular weight excluding hydrogens is 1040 g/mol. The number of anilines is 2. The van der Waals surface area contributed by atoms with E-state index in [1.54, 1.807) is 24.7 Å². The topological polar surface area (TPSA) is 227 Å². The predicted octanol–water partition coefficient (Wildman–Crippen LogP) is -0.635. The monoisotopic (exact) mass is 1080 g/mol. The molecule has 0 aliphatic carbocycles. The van der Waals surface area contributed by atoms with Crippen molar-refractivity contribution in [2.75, 3.05) is 44.4 Å². The van der Waals surface area contributed by atoms with Gasteiger partial charge in [-0.1, -0.05) is 55.2 Å². The molecule has 3 aliphatic heterocycles. The zero-order chi connectivity index (χ0) is 42.9. The summed E-state index contributed by atoms with van der Waals surface area (Å²) in [5.74, 6) is 2.00. The van der Waals surface area contributed by atoms with Crippen LogP contribution in [0.5, 0.6) is 0 Å². The van der Waals surface area contributed by atoms with Crippen LogP contribution in [0.15, 0.2) is 74.6 Å². The number of rotatable bonds is 7. The molecule has 5 aromatic rings. The Morgan fingerprint density at radius 3 is 1.63 bits per heavy atom. The molecule has 2 aromatic heterocycles. The van der Waals surface area contributed by atoms with Crippen LogP contribution in [0.2, 0.25) is 0 Å². The summed E-state index contributed by atoms with van der Waals surface area (Å²) in [6, 6.07) is 11.5. The van der Waals surface area contributed by atoms with Crippen molar-refractivity contribution in [3.63, 3.8) is 0 Å². The molecule has 5 heterocycles. The first-order chi connectivity index (χ1) is 28.5. The third-order valence-corrected chi connectivity index (χ3v) is 11.3. The maximum absolute atomic E-state index is 12.0. The van der Waals surface area contributed by atoms with Crippen molar-refractivity contribution in [2.45, 2.75) is 45.7 Å². The van der Waals surface area contributed by atoms with Crippen LogP contribution in [0.4, 0.5) is 11.9 Å². The van der Waals surface area contributed by atoms with Gasteiger partial charge in [0, 0.05) is 94.5 Å². The van der Waals surface area contributed by atoms with Crippen molar-refractivity contribution in [3.8, 4) is 0 Å². The number of amides is 3. The molecule has 22 heteroatoms. The molecule has 0 saturated heterocycles. The molecule has 324 valence electrons. The summed E-state index contributed by atoms with van der Waals surface area (Å²) in [6.45, 7) is 2.55. The summed E-state index contributed by atoms with van der Waals surface area (Å²) in [5, 5.41) is 31.8. The molecule has 8 rings (SSSR count). The van der Waals surface area contributed by atoms with E-state index in [4.69, 9.17) is 26.8 Å². The normalized spacial score (nSPS) is 12.5. The van der Waals surface area contributed by atoms with E-state index in [0.29, 0.717) is 37.6 Å². The van der Waals surface area contributed by atoms with E-state index in [0.717, 1.165) is 89.1 Å². The average molecular weight is 1090 g/mol.